The minimum absolute atomic E-state index is 0.0775. The lowest BCUT2D eigenvalue weighted by molar-refractivity contribution is 0.422. The van der Waals surface area contributed by atoms with Gasteiger partial charge in [0, 0.05) is 5.92 Å². The van der Waals surface area contributed by atoms with Crippen molar-refractivity contribution in [3.63, 3.8) is 0 Å². The average molecular weight is 424 g/mol. The van der Waals surface area contributed by atoms with Gasteiger partial charge in [-0.1, -0.05) is 49.2 Å². The monoisotopic (exact) mass is 423 g/mol. The third-order valence-corrected chi connectivity index (χ3v) is 7.04. The highest BCUT2D eigenvalue weighted by Gasteiger charge is 2.23. The molecule has 8 heteroatoms. The molecule has 5 rings (SSSR count). The zero-order valence-electron chi connectivity index (χ0n) is 15.9. The lowest BCUT2D eigenvalue weighted by Crippen LogP contribution is -2.12. The minimum Gasteiger partial charge on any atom is -0.309 e. The van der Waals surface area contributed by atoms with E-state index in [1.54, 1.807) is 0 Å². The number of H-pyrrole nitrogens is 1. The molecule has 29 heavy (non-hydrogen) atoms. The maximum absolute atomic E-state index is 12.2. The van der Waals surface area contributed by atoms with Crippen LogP contribution in [0.1, 0.15) is 49.7 Å². The summed E-state index contributed by atoms with van der Waals surface area (Å²) < 4.78 is 2.67. The first-order chi connectivity index (χ1) is 14.3. The van der Waals surface area contributed by atoms with Crippen molar-refractivity contribution in [3.05, 3.63) is 63.8 Å². The molecule has 0 amide bonds. The summed E-state index contributed by atoms with van der Waals surface area (Å²) in [6.07, 6.45) is 6.14. The van der Waals surface area contributed by atoms with Crippen molar-refractivity contribution in [2.75, 3.05) is 0 Å². The molecule has 4 aromatic rings. The van der Waals surface area contributed by atoms with Gasteiger partial charge in [0.15, 0.2) is 0 Å². The molecular formula is C21H21N5OS2. The van der Waals surface area contributed by atoms with E-state index in [0.29, 0.717) is 22.2 Å². The fourth-order valence-electron chi connectivity index (χ4n) is 3.87. The van der Waals surface area contributed by atoms with Gasteiger partial charge in [-0.15, -0.1) is 16.4 Å². The summed E-state index contributed by atoms with van der Waals surface area (Å²) in [5.41, 5.74) is 1.71. The molecule has 1 saturated carbocycles. The molecule has 0 unspecified atom stereocenters. The van der Waals surface area contributed by atoms with E-state index in [2.05, 4.69) is 22.1 Å². The van der Waals surface area contributed by atoms with Crippen LogP contribution in [0.15, 0.2) is 51.7 Å². The summed E-state index contributed by atoms with van der Waals surface area (Å²) in [6.45, 7) is 0. The van der Waals surface area contributed by atoms with E-state index >= 15 is 0 Å². The van der Waals surface area contributed by atoms with Crippen LogP contribution < -0.4 is 5.56 Å². The van der Waals surface area contributed by atoms with E-state index in [1.165, 1.54) is 55.2 Å². The number of nitrogens with one attached hydrogen (secondary N) is 1. The molecule has 1 aliphatic carbocycles. The van der Waals surface area contributed by atoms with Gasteiger partial charge >= 0.3 is 0 Å². The van der Waals surface area contributed by atoms with Crippen molar-refractivity contribution in [1.29, 1.82) is 0 Å². The van der Waals surface area contributed by atoms with Crippen molar-refractivity contribution in [2.45, 2.75) is 48.9 Å². The molecule has 1 aliphatic rings. The predicted molar refractivity (Wildman–Crippen MR) is 117 cm³/mol. The highest BCUT2D eigenvalue weighted by atomic mass is 32.2. The van der Waals surface area contributed by atoms with Gasteiger partial charge in [-0.2, -0.15) is 0 Å². The van der Waals surface area contributed by atoms with Crippen molar-refractivity contribution < 1.29 is 0 Å². The number of fused-ring (bicyclic) bond motifs is 1. The van der Waals surface area contributed by atoms with Crippen LogP contribution in [0.25, 0.3) is 15.9 Å². The van der Waals surface area contributed by atoms with Gasteiger partial charge in [-0.05, 0) is 36.4 Å². The van der Waals surface area contributed by atoms with Crippen molar-refractivity contribution in [3.8, 4) is 5.69 Å². The average Bonchev–Trinajstić information content (AvgIpc) is 3.41. The van der Waals surface area contributed by atoms with Gasteiger partial charge in [-0.25, -0.2) is 14.6 Å². The van der Waals surface area contributed by atoms with E-state index in [4.69, 9.17) is 10.1 Å². The number of thiophene rings is 1. The second-order valence-corrected chi connectivity index (χ2v) is 9.13. The van der Waals surface area contributed by atoms with Gasteiger partial charge in [0.1, 0.15) is 16.3 Å². The molecule has 3 heterocycles. The van der Waals surface area contributed by atoms with E-state index < -0.39 is 0 Å². The molecule has 1 fully saturated rings. The van der Waals surface area contributed by atoms with Crippen LogP contribution in [0.2, 0.25) is 0 Å². The van der Waals surface area contributed by atoms with Crippen LogP contribution in [0.4, 0.5) is 0 Å². The molecule has 1 aromatic carbocycles. The van der Waals surface area contributed by atoms with Crippen LogP contribution in [-0.4, -0.2) is 24.7 Å². The summed E-state index contributed by atoms with van der Waals surface area (Å²) in [4.78, 5) is 24.5. The molecule has 1 N–H and O–H groups in total. The zero-order chi connectivity index (χ0) is 19.6. The highest BCUT2D eigenvalue weighted by Crippen LogP contribution is 2.34. The Bertz CT molecular complexity index is 1170. The molecule has 6 nitrogen and oxygen atoms in total. The van der Waals surface area contributed by atoms with Gasteiger partial charge in [0.25, 0.3) is 5.56 Å². The Balaban J connectivity index is 1.43. The minimum atomic E-state index is -0.0775. The maximum atomic E-state index is 12.2. The Labute approximate surface area is 176 Å². The summed E-state index contributed by atoms with van der Waals surface area (Å²) in [7, 11) is 0. The third kappa shape index (κ3) is 3.86. The first-order valence-corrected chi connectivity index (χ1v) is 11.8. The summed E-state index contributed by atoms with van der Waals surface area (Å²) in [6, 6.07) is 12.1. The Kier molecular flexibility index (Phi) is 5.20. The summed E-state index contributed by atoms with van der Waals surface area (Å²) in [5.74, 6) is 2.68. The zero-order valence-corrected chi connectivity index (χ0v) is 17.5. The Morgan fingerprint density at radius 1 is 1.10 bits per heavy atom. The van der Waals surface area contributed by atoms with E-state index in [0.717, 1.165) is 22.2 Å². The number of nitrogens with zero attached hydrogens (tertiary/aromatic N) is 4. The Morgan fingerprint density at radius 3 is 2.76 bits per heavy atom. The second kappa shape index (κ2) is 8.12. The third-order valence-electron chi connectivity index (χ3n) is 5.29. The van der Waals surface area contributed by atoms with E-state index in [1.807, 2.05) is 34.3 Å². The normalized spacial score (nSPS) is 15.2. The topological polar surface area (TPSA) is 76.5 Å². The number of hydrogen-bond acceptors (Lipinski definition) is 6. The fraction of sp³-hybridized carbons (Fsp3) is 0.333. The summed E-state index contributed by atoms with van der Waals surface area (Å²) >= 11 is 2.93. The van der Waals surface area contributed by atoms with Crippen LogP contribution in [-0.2, 0) is 5.75 Å². The molecule has 0 saturated heterocycles. The number of para-hydroxylation sites is 1. The smallest absolute Gasteiger partial charge is 0.268 e. The number of hydrogen-bond donors (Lipinski definition) is 1. The SMILES string of the molecule is O=c1[nH]c(CSc2nc(C3CCCCC3)n(-c3ccccc3)n2)nc2ccsc12. The lowest BCUT2D eigenvalue weighted by atomic mass is 9.88. The first-order valence-electron chi connectivity index (χ1n) is 9.89. The van der Waals surface area contributed by atoms with Crippen LogP contribution in [0, 0.1) is 0 Å². The standard InChI is InChI=1S/C21H21N5OS2/c27-20-18-16(11-12-28-18)22-17(23-20)13-29-21-24-19(14-7-3-1-4-8-14)26(25-21)15-9-5-2-6-10-15/h2,5-6,9-12,14H,1,3-4,7-8,13H2,(H,22,23,27). The molecular weight excluding hydrogens is 402 g/mol. The first kappa shape index (κ1) is 18.6. The Morgan fingerprint density at radius 2 is 1.93 bits per heavy atom. The summed E-state index contributed by atoms with van der Waals surface area (Å²) in [5, 5.41) is 7.41. The number of aromatic nitrogens is 5. The predicted octanol–water partition coefficient (Wildman–Crippen LogP) is 4.91. The maximum Gasteiger partial charge on any atom is 0.268 e. The second-order valence-electron chi connectivity index (χ2n) is 7.27. The number of rotatable bonds is 5. The molecule has 0 atom stereocenters. The molecule has 0 spiro atoms. The lowest BCUT2D eigenvalue weighted by Gasteiger charge is -2.21. The van der Waals surface area contributed by atoms with Crippen molar-refractivity contribution >= 4 is 33.3 Å². The highest BCUT2D eigenvalue weighted by molar-refractivity contribution is 7.98. The van der Waals surface area contributed by atoms with E-state index in [9.17, 15) is 4.79 Å². The quantitative estimate of drug-likeness (QED) is 0.462. The molecule has 148 valence electrons. The fourth-order valence-corrected chi connectivity index (χ4v) is 5.30. The Hall–Kier alpha value is -2.45. The number of benzene rings is 1. The van der Waals surface area contributed by atoms with Crippen molar-refractivity contribution in [2.24, 2.45) is 0 Å². The molecule has 0 radical (unpaired) electrons. The van der Waals surface area contributed by atoms with Gasteiger partial charge < -0.3 is 4.98 Å². The number of aromatic amines is 1. The van der Waals surface area contributed by atoms with Crippen molar-refractivity contribution in [1.82, 2.24) is 24.7 Å². The van der Waals surface area contributed by atoms with Gasteiger partial charge in [0.2, 0.25) is 5.16 Å². The largest absolute Gasteiger partial charge is 0.309 e. The van der Waals surface area contributed by atoms with Gasteiger partial charge in [-0.3, -0.25) is 4.79 Å². The van der Waals surface area contributed by atoms with Gasteiger partial charge in [0.05, 0.1) is 17.0 Å². The molecule has 3 aromatic heterocycles. The van der Waals surface area contributed by atoms with Crippen LogP contribution >= 0.6 is 23.1 Å². The molecule has 0 aliphatic heterocycles. The number of thioether (sulfide) groups is 1. The molecule has 0 bridgehead atoms. The van der Waals surface area contributed by atoms with Crippen LogP contribution in [0.5, 0.6) is 0 Å². The van der Waals surface area contributed by atoms with Crippen LogP contribution in [0.3, 0.4) is 0 Å². The van der Waals surface area contributed by atoms with E-state index in [-0.39, 0.29) is 5.56 Å².